The number of hydrogen-bond donors (Lipinski definition) is 3. The van der Waals surface area contributed by atoms with E-state index >= 15 is 0 Å². The average Bonchev–Trinajstić information content (AvgIpc) is 3.59. The molecule has 13 nitrogen and oxygen atoms in total. The van der Waals surface area contributed by atoms with Crippen LogP contribution in [0, 0.1) is 11.8 Å². The summed E-state index contributed by atoms with van der Waals surface area (Å²) in [7, 11) is -8.55. The lowest BCUT2D eigenvalue weighted by atomic mass is 10.0. The van der Waals surface area contributed by atoms with Crippen LogP contribution in [0.25, 0.3) is 0 Å². The van der Waals surface area contributed by atoms with E-state index in [2.05, 4.69) is 10.1 Å². The SMILES string of the molecule is CC(C)CN(CC[C@H](Cc1ccc(OCP(=O)(O)O)cc1)NC(=O)O[C@H]1CO[C@H]2OCC[C@H]21)S(=O)(=O)c1ccc(OC(F)(F)F)cc1. The van der Waals surface area contributed by atoms with Gasteiger partial charge in [0.15, 0.2) is 12.6 Å². The number of benzene rings is 2. The number of nitrogens with one attached hydrogen (secondary N) is 1. The molecule has 4 atom stereocenters. The van der Waals surface area contributed by atoms with Gasteiger partial charge in [0.05, 0.1) is 24.0 Å². The number of sulfonamides is 1. The van der Waals surface area contributed by atoms with E-state index in [1.807, 2.05) is 13.8 Å². The molecule has 2 aromatic rings. The number of hydrogen-bond acceptors (Lipinski definition) is 9. The Bertz CT molecular complexity index is 1490. The molecule has 0 unspecified atom stereocenters. The van der Waals surface area contributed by atoms with Crippen LogP contribution in [-0.4, -0.2) is 86.1 Å². The minimum Gasteiger partial charge on any atom is -0.481 e. The van der Waals surface area contributed by atoms with Gasteiger partial charge in [0.2, 0.25) is 10.0 Å². The van der Waals surface area contributed by atoms with E-state index in [1.54, 1.807) is 12.1 Å². The van der Waals surface area contributed by atoms with Crippen molar-refractivity contribution in [2.75, 3.05) is 32.7 Å². The fourth-order valence-corrected chi connectivity index (χ4v) is 7.19. The molecule has 18 heteroatoms. The Balaban J connectivity index is 1.49. The minimum atomic E-state index is -4.93. The topological polar surface area (TPSA) is 170 Å². The van der Waals surface area contributed by atoms with Crippen molar-refractivity contribution >= 4 is 23.7 Å². The number of ether oxygens (including phenoxy) is 5. The Labute approximate surface area is 270 Å². The number of carbonyl (C=O) groups excluding carboxylic acids is 1. The quantitative estimate of drug-likeness (QED) is 0.226. The van der Waals surface area contributed by atoms with Crippen molar-refractivity contribution in [3.8, 4) is 11.5 Å². The Morgan fingerprint density at radius 1 is 1.09 bits per heavy atom. The first-order valence-electron chi connectivity index (χ1n) is 14.8. The van der Waals surface area contributed by atoms with E-state index in [4.69, 9.17) is 28.7 Å². The standard InChI is InChI=1S/C29H38F3N2O11PS/c1-19(2)16-34(47(39,40)24-9-7-23(8-10-24)45-29(30,31)32)13-11-21(15-20-3-5-22(6-4-20)43-18-46(36,37)38)33-28(35)44-26-17-42-27-25(26)12-14-41-27/h3-10,19,21,25-27H,11-18H2,1-2H3,(H,33,35)(H2,36,37,38)/t21-,25+,26+,27-/m1/s1. The summed E-state index contributed by atoms with van der Waals surface area (Å²) in [4.78, 5) is 30.9. The van der Waals surface area contributed by atoms with Crippen molar-refractivity contribution in [3.63, 3.8) is 0 Å². The third-order valence-electron chi connectivity index (χ3n) is 7.36. The summed E-state index contributed by atoms with van der Waals surface area (Å²) in [6.07, 6.45) is -6.37. The largest absolute Gasteiger partial charge is 0.573 e. The number of rotatable bonds is 15. The molecule has 262 valence electrons. The molecule has 0 spiro atoms. The summed E-state index contributed by atoms with van der Waals surface area (Å²) in [5.41, 5.74) is 0.700. The number of nitrogens with zero attached hydrogens (tertiary/aromatic N) is 1. The zero-order valence-electron chi connectivity index (χ0n) is 25.7. The molecule has 2 heterocycles. The average molecular weight is 711 g/mol. The summed E-state index contributed by atoms with van der Waals surface area (Å²) < 4.78 is 103. The zero-order chi connectivity index (χ0) is 34.4. The molecule has 2 aromatic carbocycles. The predicted octanol–water partition coefficient (Wildman–Crippen LogP) is 4.23. The van der Waals surface area contributed by atoms with E-state index < -0.39 is 60.6 Å². The molecule has 0 aliphatic carbocycles. The molecule has 47 heavy (non-hydrogen) atoms. The van der Waals surface area contributed by atoms with Crippen molar-refractivity contribution in [2.24, 2.45) is 11.8 Å². The maximum Gasteiger partial charge on any atom is 0.573 e. The zero-order valence-corrected chi connectivity index (χ0v) is 27.4. The monoisotopic (exact) mass is 710 g/mol. The summed E-state index contributed by atoms with van der Waals surface area (Å²) in [5.74, 6) is -0.550. The van der Waals surface area contributed by atoms with Crippen molar-refractivity contribution in [1.82, 2.24) is 9.62 Å². The normalized spacial score (nSPS) is 20.7. The van der Waals surface area contributed by atoms with E-state index in [0.717, 1.165) is 24.3 Å². The van der Waals surface area contributed by atoms with Crippen LogP contribution in [0.4, 0.5) is 18.0 Å². The number of carbonyl (C=O) groups is 1. The fourth-order valence-electron chi connectivity index (χ4n) is 5.25. The highest BCUT2D eigenvalue weighted by Gasteiger charge is 2.44. The third kappa shape index (κ3) is 11.3. The van der Waals surface area contributed by atoms with Gasteiger partial charge in [-0.25, -0.2) is 13.2 Å². The summed E-state index contributed by atoms with van der Waals surface area (Å²) in [5, 5.41) is 2.82. The second-order valence-corrected chi connectivity index (χ2v) is 15.2. The molecule has 3 N–H and O–H groups in total. The van der Waals surface area contributed by atoms with Gasteiger partial charge >= 0.3 is 20.1 Å². The van der Waals surface area contributed by atoms with E-state index in [-0.39, 0.29) is 55.0 Å². The Kier molecular flexibility index (Phi) is 12.2. The van der Waals surface area contributed by atoms with Gasteiger partial charge in [-0.05, 0) is 67.1 Å². The summed E-state index contributed by atoms with van der Waals surface area (Å²) in [6.45, 7) is 4.34. The van der Waals surface area contributed by atoms with Gasteiger partial charge in [-0.1, -0.05) is 26.0 Å². The van der Waals surface area contributed by atoms with Gasteiger partial charge in [-0.2, -0.15) is 4.31 Å². The first kappa shape index (κ1) is 36.9. The highest BCUT2D eigenvalue weighted by atomic mass is 32.2. The molecule has 0 bridgehead atoms. The van der Waals surface area contributed by atoms with E-state index in [9.17, 15) is 30.9 Å². The lowest BCUT2D eigenvalue weighted by Gasteiger charge is -2.27. The molecule has 2 aliphatic rings. The Morgan fingerprint density at radius 2 is 1.74 bits per heavy atom. The van der Waals surface area contributed by atoms with Gasteiger partial charge in [0, 0.05) is 19.1 Å². The fraction of sp³-hybridized carbons (Fsp3) is 0.552. The number of halogens is 3. The summed E-state index contributed by atoms with van der Waals surface area (Å²) >= 11 is 0. The molecule has 0 radical (unpaired) electrons. The second-order valence-electron chi connectivity index (χ2n) is 11.7. The van der Waals surface area contributed by atoms with Gasteiger partial charge < -0.3 is 38.8 Å². The first-order valence-corrected chi connectivity index (χ1v) is 18.0. The number of alkyl carbamates (subject to hydrolysis) is 1. The van der Waals surface area contributed by atoms with Crippen molar-refractivity contribution in [3.05, 3.63) is 54.1 Å². The van der Waals surface area contributed by atoms with Gasteiger partial charge in [0.1, 0.15) is 17.6 Å². The highest BCUT2D eigenvalue weighted by molar-refractivity contribution is 7.89. The Hall–Kier alpha value is -2.92. The van der Waals surface area contributed by atoms with Crippen LogP contribution < -0.4 is 14.8 Å². The number of amides is 1. The van der Waals surface area contributed by atoms with Crippen LogP contribution in [0.5, 0.6) is 11.5 Å². The molecule has 2 aliphatic heterocycles. The summed E-state index contributed by atoms with van der Waals surface area (Å²) in [6, 6.07) is 9.60. The molecule has 2 fully saturated rings. The lowest BCUT2D eigenvalue weighted by molar-refractivity contribution is -0.274. The second kappa shape index (κ2) is 15.5. The van der Waals surface area contributed by atoms with Gasteiger partial charge in [0.25, 0.3) is 0 Å². The van der Waals surface area contributed by atoms with Gasteiger partial charge in [-0.15, -0.1) is 13.2 Å². The van der Waals surface area contributed by atoms with Crippen molar-refractivity contribution in [1.29, 1.82) is 0 Å². The molecule has 2 saturated heterocycles. The van der Waals surface area contributed by atoms with Gasteiger partial charge in [-0.3, -0.25) is 4.57 Å². The molecule has 0 saturated carbocycles. The molecular weight excluding hydrogens is 672 g/mol. The highest BCUT2D eigenvalue weighted by Crippen LogP contribution is 2.35. The molecular formula is C29H38F3N2O11PS. The van der Waals surface area contributed by atoms with Crippen LogP contribution in [0.1, 0.15) is 32.3 Å². The third-order valence-corrected chi connectivity index (χ3v) is 9.71. The maximum absolute atomic E-state index is 13.6. The Morgan fingerprint density at radius 3 is 2.36 bits per heavy atom. The van der Waals surface area contributed by atoms with Crippen LogP contribution in [-0.2, 0) is 35.2 Å². The van der Waals surface area contributed by atoms with Crippen LogP contribution in [0.3, 0.4) is 0 Å². The minimum absolute atomic E-state index is 0.0547. The van der Waals surface area contributed by atoms with Crippen molar-refractivity contribution < 1.29 is 64.4 Å². The molecule has 1 amide bonds. The number of alkyl halides is 3. The first-order chi connectivity index (χ1) is 22.0. The van der Waals surface area contributed by atoms with E-state index in [0.29, 0.717) is 18.6 Å². The van der Waals surface area contributed by atoms with E-state index in [1.165, 1.54) is 16.4 Å². The lowest BCUT2D eigenvalue weighted by Crippen LogP contribution is -2.43. The number of fused-ring (bicyclic) bond motifs is 1. The van der Waals surface area contributed by atoms with Crippen LogP contribution in [0.2, 0.25) is 0 Å². The maximum atomic E-state index is 13.6. The smallest absolute Gasteiger partial charge is 0.481 e. The van der Waals surface area contributed by atoms with Crippen molar-refractivity contribution in [2.45, 2.75) is 62.8 Å². The predicted molar refractivity (Wildman–Crippen MR) is 160 cm³/mol. The molecule has 4 rings (SSSR count). The van der Waals surface area contributed by atoms with Crippen LogP contribution in [0.15, 0.2) is 53.4 Å². The molecule has 0 aromatic heterocycles. The van der Waals surface area contributed by atoms with Crippen LogP contribution >= 0.6 is 7.60 Å².